The smallest absolute Gasteiger partial charge is 0.242 e. The Balaban J connectivity index is 2.15. The fourth-order valence-corrected chi connectivity index (χ4v) is 3.01. The summed E-state index contributed by atoms with van der Waals surface area (Å²) in [5.74, 6) is 0.937. The molecule has 21 heavy (non-hydrogen) atoms. The summed E-state index contributed by atoms with van der Waals surface area (Å²) in [6.45, 7) is 4.17. The van der Waals surface area contributed by atoms with Gasteiger partial charge in [0, 0.05) is 18.4 Å². The average molecular weight is 313 g/mol. The fourth-order valence-electron chi connectivity index (χ4n) is 1.98. The van der Waals surface area contributed by atoms with E-state index in [4.69, 9.17) is 4.42 Å². The summed E-state index contributed by atoms with van der Waals surface area (Å²) in [6, 6.07) is 1.47. The molecule has 0 radical (unpaired) electrons. The van der Waals surface area contributed by atoms with Gasteiger partial charge >= 0.3 is 0 Å². The normalized spacial score (nSPS) is 12.0. The number of aromatic nitrogens is 2. The first-order chi connectivity index (χ1) is 9.96. The monoisotopic (exact) mass is 313 g/mol. The van der Waals surface area contributed by atoms with E-state index in [1.54, 1.807) is 11.5 Å². The van der Waals surface area contributed by atoms with Gasteiger partial charge in [-0.3, -0.25) is 0 Å². The van der Waals surface area contributed by atoms with Gasteiger partial charge in [0.15, 0.2) is 0 Å². The van der Waals surface area contributed by atoms with Crippen LogP contribution in [0, 0.1) is 6.92 Å². The van der Waals surface area contributed by atoms with Gasteiger partial charge in [-0.15, -0.1) is 0 Å². The van der Waals surface area contributed by atoms with Crippen LogP contribution >= 0.6 is 0 Å². The molecule has 0 bridgehead atoms. The van der Waals surface area contributed by atoms with Gasteiger partial charge in [-0.05, 0) is 19.4 Å². The minimum Gasteiger partial charge on any atom is -0.445 e. The van der Waals surface area contributed by atoms with Gasteiger partial charge in [0.1, 0.15) is 5.76 Å². The zero-order chi connectivity index (χ0) is 15.5. The Labute approximate surface area is 123 Å². The fraction of sp³-hybridized carbons (Fsp3) is 0.462. The Morgan fingerprint density at radius 1 is 1.48 bits per heavy atom. The molecule has 0 fully saturated rings. The lowest BCUT2D eigenvalue weighted by molar-refractivity contribution is 0.270. The molecule has 0 saturated carbocycles. The van der Waals surface area contributed by atoms with Gasteiger partial charge in [0.05, 0.1) is 24.2 Å². The van der Waals surface area contributed by atoms with Crippen molar-refractivity contribution in [2.75, 3.05) is 0 Å². The summed E-state index contributed by atoms with van der Waals surface area (Å²) in [5, 5.41) is 9.27. The first-order valence-corrected chi connectivity index (χ1v) is 8.15. The van der Waals surface area contributed by atoms with Crippen LogP contribution in [-0.4, -0.2) is 23.1 Å². The van der Waals surface area contributed by atoms with E-state index >= 15 is 0 Å². The third-order valence-corrected chi connectivity index (χ3v) is 4.35. The molecular weight excluding hydrogens is 294 g/mol. The quantitative estimate of drug-likeness (QED) is 0.799. The second-order valence-electron chi connectivity index (χ2n) is 4.71. The Bertz CT molecular complexity index is 703. The van der Waals surface area contributed by atoms with E-state index in [0.29, 0.717) is 23.9 Å². The van der Waals surface area contributed by atoms with E-state index in [2.05, 4.69) is 9.71 Å². The van der Waals surface area contributed by atoms with Crippen LogP contribution in [0.2, 0.25) is 0 Å². The molecule has 0 atom stereocenters. The van der Waals surface area contributed by atoms with Crippen LogP contribution in [0.1, 0.15) is 30.7 Å². The standard InChI is InChI=1S/C13H19N3O4S/c1-3-4-16-8-12(5-11(16)9-17)21(18,19)15-7-13-14-6-10(2)20-13/h5-6,8,15,17H,3-4,7,9H2,1-2H3. The molecule has 2 aromatic rings. The van der Waals surface area contributed by atoms with Gasteiger partial charge < -0.3 is 14.1 Å². The molecule has 2 N–H and O–H groups in total. The van der Waals surface area contributed by atoms with Crippen molar-refractivity contribution in [3.8, 4) is 0 Å². The molecule has 0 spiro atoms. The summed E-state index contributed by atoms with van der Waals surface area (Å²) in [5.41, 5.74) is 0.573. The molecule has 0 aliphatic carbocycles. The molecule has 116 valence electrons. The van der Waals surface area contributed by atoms with Gasteiger partial charge in [0.2, 0.25) is 15.9 Å². The Morgan fingerprint density at radius 2 is 2.24 bits per heavy atom. The molecule has 0 amide bonds. The van der Waals surface area contributed by atoms with Crippen LogP contribution < -0.4 is 4.72 Å². The topological polar surface area (TPSA) is 97.4 Å². The predicted molar refractivity (Wildman–Crippen MR) is 75.9 cm³/mol. The van der Waals surface area contributed by atoms with Crippen molar-refractivity contribution in [3.05, 3.63) is 35.8 Å². The number of nitrogens with one attached hydrogen (secondary N) is 1. The molecule has 0 aromatic carbocycles. The minimum absolute atomic E-state index is 0.0103. The van der Waals surface area contributed by atoms with Crippen LogP contribution in [0.5, 0.6) is 0 Å². The van der Waals surface area contributed by atoms with E-state index in [1.165, 1.54) is 18.5 Å². The molecule has 7 nitrogen and oxygen atoms in total. The maximum absolute atomic E-state index is 12.2. The first kappa shape index (κ1) is 15.7. The van der Waals surface area contributed by atoms with E-state index in [-0.39, 0.29) is 18.0 Å². The van der Waals surface area contributed by atoms with Crippen molar-refractivity contribution in [2.24, 2.45) is 0 Å². The Hall–Kier alpha value is -1.64. The number of hydrogen-bond donors (Lipinski definition) is 2. The van der Waals surface area contributed by atoms with Gasteiger partial charge in [-0.25, -0.2) is 18.1 Å². The van der Waals surface area contributed by atoms with Crippen LogP contribution in [0.3, 0.4) is 0 Å². The zero-order valence-electron chi connectivity index (χ0n) is 12.0. The molecule has 0 unspecified atom stereocenters. The lowest BCUT2D eigenvalue weighted by Gasteiger charge is -2.04. The number of nitrogens with zero attached hydrogens (tertiary/aromatic N) is 2. The van der Waals surface area contributed by atoms with Crippen molar-refractivity contribution in [2.45, 2.75) is 44.9 Å². The van der Waals surface area contributed by atoms with Gasteiger partial charge in [-0.1, -0.05) is 6.92 Å². The molecule has 2 rings (SSSR count). The zero-order valence-corrected chi connectivity index (χ0v) is 12.9. The maximum Gasteiger partial charge on any atom is 0.242 e. The largest absolute Gasteiger partial charge is 0.445 e. The molecule has 2 heterocycles. The SMILES string of the molecule is CCCn1cc(S(=O)(=O)NCc2ncc(C)o2)cc1CO. The molecule has 0 aliphatic heterocycles. The van der Waals surface area contributed by atoms with E-state index in [1.807, 2.05) is 6.92 Å². The van der Waals surface area contributed by atoms with Crippen molar-refractivity contribution in [1.82, 2.24) is 14.3 Å². The van der Waals surface area contributed by atoms with Crippen molar-refractivity contribution >= 4 is 10.0 Å². The van der Waals surface area contributed by atoms with Crippen molar-refractivity contribution < 1.29 is 17.9 Å². The van der Waals surface area contributed by atoms with Crippen LogP contribution in [0.4, 0.5) is 0 Å². The number of aliphatic hydroxyl groups excluding tert-OH is 1. The highest BCUT2D eigenvalue weighted by atomic mass is 32.2. The molecule has 0 aliphatic rings. The predicted octanol–water partition coefficient (Wildman–Crippen LogP) is 1.17. The highest BCUT2D eigenvalue weighted by Crippen LogP contribution is 2.15. The number of oxazole rings is 1. The van der Waals surface area contributed by atoms with Gasteiger partial charge in [-0.2, -0.15) is 0 Å². The lowest BCUT2D eigenvalue weighted by atomic mass is 10.4. The van der Waals surface area contributed by atoms with Crippen LogP contribution in [0.25, 0.3) is 0 Å². The minimum atomic E-state index is -3.66. The number of aryl methyl sites for hydroxylation is 2. The summed E-state index contributed by atoms with van der Waals surface area (Å²) < 4.78 is 33.8. The first-order valence-electron chi connectivity index (χ1n) is 6.67. The number of aliphatic hydroxyl groups is 1. The summed E-state index contributed by atoms with van der Waals surface area (Å²) >= 11 is 0. The lowest BCUT2D eigenvalue weighted by Crippen LogP contribution is -2.23. The Morgan fingerprint density at radius 3 is 2.81 bits per heavy atom. The number of rotatable bonds is 7. The summed E-state index contributed by atoms with van der Waals surface area (Å²) in [6.07, 6.45) is 3.91. The third-order valence-electron chi connectivity index (χ3n) is 2.98. The second kappa shape index (κ2) is 6.42. The second-order valence-corrected chi connectivity index (χ2v) is 6.47. The number of sulfonamides is 1. The van der Waals surface area contributed by atoms with Crippen molar-refractivity contribution in [1.29, 1.82) is 0 Å². The van der Waals surface area contributed by atoms with Crippen LogP contribution in [0.15, 0.2) is 27.8 Å². The highest BCUT2D eigenvalue weighted by molar-refractivity contribution is 7.89. The Kier molecular flexibility index (Phi) is 4.81. The van der Waals surface area contributed by atoms with Crippen LogP contribution in [-0.2, 0) is 29.7 Å². The van der Waals surface area contributed by atoms with Gasteiger partial charge in [0.25, 0.3) is 0 Å². The van der Waals surface area contributed by atoms with E-state index in [9.17, 15) is 13.5 Å². The number of hydrogen-bond acceptors (Lipinski definition) is 5. The molecule has 2 aromatic heterocycles. The summed E-state index contributed by atoms with van der Waals surface area (Å²) in [4.78, 5) is 4.07. The molecule has 0 saturated heterocycles. The molecule has 8 heteroatoms. The third kappa shape index (κ3) is 3.72. The summed E-state index contributed by atoms with van der Waals surface area (Å²) in [7, 11) is -3.66. The maximum atomic E-state index is 12.2. The average Bonchev–Trinajstić information content (AvgIpc) is 3.04. The highest BCUT2D eigenvalue weighted by Gasteiger charge is 2.18. The van der Waals surface area contributed by atoms with E-state index in [0.717, 1.165) is 6.42 Å². The van der Waals surface area contributed by atoms with Crippen molar-refractivity contribution in [3.63, 3.8) is 0 Å². The molecular formula is C13H19N3O4S. The van der Waals surface area contributed by atoms with E-state index < -0.39 is 10.0 Å².